The Balaban J connectivity index is 1.46. The van der Waals surface area contributed by atoms with Crippen molar-refractivity contribution in [2.45, 2.75) is 38.6 Å². The van der Waals surface area contributed by atoms with E-state index in [2.05, 4.69) is 15.7 Å². The Morgan fingerprint density at radius 1 is 1.16 bits per heavy atom. The molecule has 1 saturated carbocycles. The molecule has 0 saturated heterocycles. The maximum Gasteiger partial charge on any atom is 0.251 e. The lowest BCUT2D eigenvalue weighted by atomic mass is 9.97. The molecule has 1 aliphatic carbocycles. The number of hydrogen-bond acceptors (Lipinski definition) is 5. The first-order valence-corrected chi connectivity index (χ1v) is 10.7. The lowest BCUT2D eigenvalue weighted by molar-refractivity contribution is 0.0950. The highest BCUT2D eigenvalue weighted by Gasteiger charge is 2.25. The minimum Gasteiger partial charge on any atom is -0.385 e. The molecule has 4 N–H and O–H groups in total. The maximum atomic E-state index is 13.2. The van der Waals surface area contributed by atoms with Gasteiger partial charge in [0.15, 0.2) is 5.78 Å². The number of amides is 1. The predicted octanol–water partition coefficient (Wildman–Crippen LogP) is 3.24. The van der Waals surface area contributed by atoms with Crippen LogP contribution in [0.15, 0.2) is 42.6 Å². The van der Waals surface area contributed by atoms with Crippen molar-refractivity contribution in [3.63, 3.8) is 0 Å². The number of fused-ring (bicyclic) bond motifs is 1. The molecule has 158 valence electrons. The van der Waals surface area contributed by atoms with Gasteiger partial charge in [0.25, 0.3) is 5.91 Å². The number of aryl methyl sites for hydroxylation is 2. The number of ketones is 1. The van der Waals surface area contributed by atoms with Crippen molar-refractivity contribution >= 4 is 23.2 Å². The number of carbonyl (C=O) groups excluding carboxylic acids is 2. The number of nitrogen functional groups attached to an aromatic ring is 1. The van der Waals surface area contributed by atoms with Gasteiger partial charge in [-0.1, -0.05) is 6.07 Å². The van der Waals surface area contributed by atoms with E-state index >= 15 is 0 Å². The van der Waals surface area contributed by atoms with E-state index in [1.165, 1.54) is 10.9 Å². The summed E-state index contributed by atoms with van der Waals surface area (Å²) >= 11 is 0. The fourth-order valence-electron chi connectivity index (χ4n) is 3.97. The first-order valence-electron chi connectivity index (χ1n) is 10.7. The Bertz CT molecular complexity index is 1190. The first-order chi connectivity index (χ1) is 15.0. The van der Waals surface area contributed by atoms with Crippen LogP contribution in [0.2, 0.25) is 0 Å². The fourth-order valence-corrected chi connectivity index (χ4v) is 3.97. The van der Waals surface area contributed by atoms with E-state index in [1.807, 2.05) is 31.2 Å². The standard InChI is InChI=1S/C24H25N5O2/c1-14-4-5-17(24(31)28-18-7-8-18)12-21(14)29-23(25)19(13-27-29)22(30)16-6-9-20-15(11-16)3-2-10-26-20/h4-6,9,11-13,18,26H,2-3,7-8,10,25H2,1H3,(H,28,31). The molecule has 1 aromatic heterocycles. The van der Waals surface area contributed by atoms with Gasteiger partial charge in [0.2, 0.25) is 0 Å². The number of nitrogens with zero attached hydrogens (tertiary/aromatic N) is 2. The molecular weight excluding hydrogens is 390 g/mol. The molecule has 0 spiro atoms. The molecule has 3 aromatic rings. The summed E-state index contributed by atoms with van der Waals surface area (Å²) in [5.41, 5.74) is 11.7. The molecule has 0 unspecified atom stereocenters. The number of hydrogen-bond donors (Lipinski definition) is 3. The summed E-state index contributed by atoms with van der Waals surface area (Å²) in [6.07, 6.45) is 5.56. The molecule has 0 radical (unpaired) electrons. The second-order valence-corrected chi connectivity index (χ2v) is 8.34. The number of rotatable bonds is 5. The van der Waals surface area contributed by atoms with Gasteiger partial charge in [-0.05, 0) is 74.1 Å². The second-order valence-electron chi connectivity index (χ2n) is 8.34. The van der Waals surface area contributed by atoms with Gasteiger partial charge < -0.3 is 16.4 Å². The Morgan fingerprint density at radius 2 is 1.97 bits per heavy atom. The van der Waals surface area contributed by atoms with Crippen LogP contribution in [0.25, 0.3) is 5.69 Å². The van der Waals surface area contributed by atoms with Crippen LogP contribution in [0.3, 0.4) is 0 Å². The first kappa shape index (κ1) is 19.4. The van der Waals surface area contributed by atoms with Crippen LogP contribution >= 0.6 is 0 Å². The van der Waals surface area contributed by atoms with Crippen LogP contribution in [0.1, 0.15) is 56.7 Å². The summed E-state index contributed by atoms with van der Waals surface area (Å²) in [5, 5.41) is 10.7. The second kappa shape index (κ2) is 7.58. The fraction of sp³-hybridized carbons (Fsp3) is 0.292. The highest BCUT2D eigenvalue weighted by atomic mass is 16.1. The molecule has 1 amide bonds. The van der Waals surface area contributed by atoms with Crippen molar-refractivity contribution < 1.29 is 9.59 Å². The zero-order chi connectivity index (χ0) is 21.5. The third-order valence-electron chi connectivity index (χ3n) is 5.97. The maximum absolute atomic E-state index is 13.2. The van der Waals surface area contributed by atoms with Crippen molar-refractivity contribution in [2.24, 2.45) is 0 Å². The number of aromatic nitrogens is 2. The average molecular weight is 415 g/mol. The monoisotopic (exact) mass is 415 g/mol. The minimum absolute atomic E-state index is 0.103. The van der Waals surface area contributed by atoms with Gasteiger partial charge >= 0.3 is 0 Å². The summed E-state index contributed by atoms with van der Waals surface area (Å²) in [6, 6.07) is 11.4. The third kappa shape index (κ3) is 3.67. The van der Waals surface area contributed by atoms with Crippen molar-refractivity contribution in [3.05, 3.63) is 70.4 Å². The Labute approximate surface area is 180 Å². The molecule has 0 bridgehead atoms. The molecule has 2 heterocycles. The molecule has 1 aliphatic heterocycles. The molecule has 7 heteroatoms. The number of anilines is 2. The van der Waals surface area contributed by atoms with E-state index in [0.717, 1.165) is 49.0 Å². The number of nitrogens with one attached hydrogen (secondary N) is 2. The lowest BCUT2D eigenvalue weighted by Crippen LogP contribution is -2.25. The van der Waals surface area contributed by atoms with Gasteiger partial charge in [0.1, 0.15) is 5.82 Å². The topological polar surface area (TPSA) is 102 Å². The summed E-state index contributed by atoms with van der Waals surface area (Å²) in [5.74, 6) is 0.00884. The van der Waals surface area contributed by atoms with E-state index in [-0.39, 0.29) is 23.6 Å². The molecule has 31 heavy (non-hydrogen) atoms. The molecule has 2 aromatic carbocycles. The Hall–Kier alpha value is -3.61. The molecule has 1 fully saturated rings. The zero-order valence-corrected chi connectivity index (χ0v) is 17.4. The highest BCUT2D eigenvalue weighted by Crippen LogP contribution is 2.27. The molecule has 2 aliphatic rings. The van der Waals surface area contributed by atoms with E-state index in [0.29, 0.717) is 22.4 Å². The summed E-state index contributed by atoms with van der Waals surface area (Å²) < 4.78 is 1.54. The van der Waals surface area contributed by atoms with Gasteiger partial charge in [-0.15, -0.1) is 0 Å². The van der Waals surface area contributed by atoms with Crippen molar-refractivity contribution in [3.8, 4) is 5.69 Å². The number of nitrogens with two attached hydrogens (primary N) is 1. The van der Waals surface area contributed by atoms with E-state index in [9.17, 15) is 9.59 Å². The van der Waals surface area contributed by atoms with E-state index < -0.39 is 0 Å². The SMILES string of the molecule is Cc1ccc(C(=O)NC2CC2)cc1-n1ncc(C(=O)c2ccc3c(c2)CCCN3)c1N. The van der Waals surface area contributed by atoms with Crippen molar-refractivity contribution in [1.82, 2.24) is 15.1 Å². The van der Waals surface area contributed by atoms with E-state index in [1.54, 1.807) is 12.1 Å². The highest BCUT2D eigenvalue weighted by molar-refractivity contribution is 6.12. The van der Waals surface area contributed by atoms with Crippen LogP contribution in [0.5, 0.6) is 0 Å². The van der Waals surface area contributed by atoms with E-state index in [4.69, 9.17) is 5.73 Å². The van der Waals surface area contributed by atoms with Crippen LogP contribution in [-0.4, -0.2) is 34.1 Å². The smallest absolute Gasteiger partial charge is 0.251 e. The van der Waals surface area contributed by atoms with Gasteiger partial charge in [-0.25, -0.2) is 4.68 Å². The average Bonchev–Trinajstić information content (AvgIpc) is 3.52. The summed E-state index contributed by atoms with van der Waals surface area (Å²) in [7, 11) is 0. The van der Waals surface area contributed by atoms with Gasteiger partial charge in [-0.2, -0.15) is 5.10 Å². The number of benzene rings is 2. The molecule has 0 atom stereocenters. The quantitative estimate of drug-likeness (QED) is 0.555. The van der Waals surface area contributed by atoms with Crippen LogP contribution in [-0.2, 0) is 6.42 Å². The van der Waals surface area contributed by atoms with Crippen LogP contribution in [0.4, 0.5) is 11.5 Å². The minimum atomic E-state index is -0.155. The van der Waals surface area contributed by atoms with Crippen molar-refractivity contribution in [2.75, 3.05) is 17.6 Å². The summed E-state index contributed by atoms with van der Waals surface area (Å²) in [4.78, 5) is 25.6. The van der Waals surface area contributed by atoms with Gasteiger partial charge in [-0.3, -0.25) is 9.59 Å². The Morgan fingerprint density at radius 3 is 2.77 bits per heavy atom. The van der Waals surface area contributed by atoms with Gasteiger partial charge in [0.05, 0.1) is 17.4 Å². The lowest BCUT2D eigenvalue weighted by Gasteiger charge is -2.18. The third-order valence-corrected chi connectivity index (χ3v) is 5.97. The van der Waals surface area contributed by atoms with Crippen LogP contribution in [0, 0.1) is 6.92 Å². The molecule has 7 nitrogen and oxygen atoms in total. The Kier molecular flexibility index (Phi) is 4.73. The predicted molar refractivity (Wildman–Crippen MR) is 120 cm³/mol. The summed E-state index contributed by atoms with van der Waals surface area (Å²) in [6.45, 7) is 2.88. The molecular formula is C24H25N5O2. The largest absolute Gasteiger partial charge is 0.385 e. The number of carbonyl (C=O) groups is 2. The normalized spacial score (nSPS) is 15.1. The van der Waals surface area contributed by atoms with Crippen molar-refractivity contribution in [1.29, 1.82) is 0 Å². The van der Waals surface area contributed by atoms with Crippen LogP contribution < -0.4 is 16.4 Å². The van der Waals surface area contributed by atoms with Gasteiger partial charge in [0, 0.05) is 29.4 Å². The zero-order valence-electron chi connectivity index (χ0n) is 17.4. The molecule has 5 rings (SSSR count).